The molecule has 1 saturated heterocycles. The Labute approximate surface area is 243 Å². The molecule has 40 heavy (non-hydrogen) atoms. The Bertz CT molecular complexity index is 1560. The van der Waals surface area contributed by atoms with Gasteiger partial charge in [-0.05, 0) is 80.2 Å². The summed E-state index contributed by atoms with van der Waals surface area (Å²) in [7, 11) is 1.64. The molecule has 1 N–H and O–H groups in total. The number of benzene rings is 2. The molecule has 2 atom stereocenters. The van der Waals surface area contributed by atoms with E-state index in [0.717, 1.165) is 45.5 Å². The molecule has 2 aromatic carbocycles. The number of ether oxygens (including phenoxy) is 4. The van der Waals surface area contributed by atoms with Crippen LogP contribution in [0.25, 0.3) is 5.69 Å². The Hall–Kier alpha value is -3.79. The van der Waals surface area contributed by atoms with Crippen LogP contribution in [0.2, 0.25) is 5.02 Å². The summed E-state index contributed by atoms with van der Waals surface area (Å²) < 4.78 is 24.3. The lowest BCUT2D eigenvalue weighted by atomic mass is 9.96. The Morgan fingerprint density at radius 3 is 2.62 bits per heavy atom. The first-order chi connectivity index (χ1) is 19.5. The van der Waals surface area contributed by atoms with Crippen molar-refractivity contribution in [2.75, 3.05) is 32.0 Å². The molecule has 8 nitrogen and oxygen atoms in total. The number of aromatic nitrogens is 2. The third-order valence-corrected chi connectivity index (χ3v) is 7.85. The second-order valence-corrected chi connectivity index (χ2v) is 10.4. The van der Waals surface area contributed by atoms with E-state index < -0.39 is 0 Å². The van der Waals surface area contributed by atoms with Gasteiger partial charge in [0.05, 0.1) is 29.4 Å². The van der Waals surface area contributed by atoms with Crippen molar-refractivity contribution in [3.05, 3.63) is 94.5 Å². The molecule has 4 aromatic rings. The molecule has 1 fully saturated rings. The number of thiocarbonyl (C=S) groups is 1. The van der Waals surface area contributed by atoms with Crippen LogP contribution in [-0.2, 0) is 4.74 Å². The molecule has 0 spiro atoms. The van der Waals surface area contributed by atoms with E-state index in [1.807, 2.05) is 54.6 Å². The van der Waals surface area contributed by atoms with Gasteiger partial charge in [0.25, 0.3) is 0 Å². The minimum atomic E-state index is -0.187. The third kappa shape index (κ3) is 4.74. The standard InChI is InChI=1S/C30H29ClN4O4S/c1-18-14-22(19(2)34(18)21-8-10-26-27(16-21)39-17-38-26)29-28(24-6-4-5-11-32-24)33-30(40)35(29)20-7-9-25(23(31)15-20)37-13-12-36-3/h4-11,14-16,28-29H,12-13,17H2,1-3H3,(H,33,40)/t28-,29-/m1/s1. The molecule has 206 valence electrons. The lowest BCUT2D eigenvalue weighted by Crippen LogP contribution is -2.29. The van der Waals surface area contributed by atoms with E-state index in [2.05, 4.69) is 39.7 Å². The van der Waals surface area contributed by atoms with Crippen LogP contribution < -0.4 is 24.4 Å². The summed E-state index contributed by atoms with van der Waals surface area (Å²) in [6.07, 6.45) is 1.80. The number of pyridine rings is 1. The first kappa shape index (κ1) is 26.4. The molecule has 2 aliphatic heterocycles. The summed E-state index contributed by atoms with van der Waals surface area (Å²) in [6.45, 7) is 5.35. The fraction of sp³-hybridized carbons (Fsp3) is 0.267. The second-order valence-electron chi connectivity index (χ2n) is 9.65. The highest BCUT2D eigenvalue weighted by molar-refractivity contribution is 7.80. The molecule has 0 amide bonds. The van der Waals surface area contributed by atoms with Crippen molar-refractivity contribution in [1.82, 2.24) is 14.9 Å². The fourth-order valence-corrected chi connectivity index (χ4v) is 6.02. The van der Waals surface area contributed by atoms with Crippen LogP contribution in [0.3, 0.4) is 0 Å². The highest BCUT2D eigenvalue weighted by atomic mass is 35.5. The van der Waals surface area contributed by atoms with Crippen molar-refractivity contribution >= 4 is 34.6 Å². The molecular formula is C30H29ClN4O4S. The van der Waals surface area contributed by atoms with Gasteiger partial charge in [-0.3, -0.25) is 4.98 Å². The summed E-state index contributed by atoms with van der Waals surface area (Å²) in [5, 5.41) is 4.63. The van der Waals surface area contributed by atoms with Gasteiger partial charge in [-0.2, -0.15) is 0 Å². The minimum absolute atomic E-state index is 0.184. The van der Waals surface area contributed by atoms with Gasteiger partial charge in [0.15, 0.2) is 16.6 Å². The number of rotatable bonds is 8. The predicted octanol–water partition coefficient (Wildman–Crippen LogP) is 6.07. The van der Waals surface area contributed by atoms with Crippen molar-refractivity contribution in [2.24, 2.45) is 0 Å². The van der Waals surface area contributed by atoms with E-state index in [1.54, 1.807) is 13.3 Å². The van der Waals surface area contributed by atoms with Crippen LogP contribution in [0.4, 0.5) is 5.69 Å². The molecule has 2 aliphatic rings. The zero-order chi connectivity index (χ0) is 27.8. The Morgan fingerprint density at radius 2 is 1.85 bits per heavy atom. The van der Waals surface area contributed by atoms with Gasteiger partial charge < -0.3 is 33.7 Å². The maximum absolute atomic E-state index is 6.67. The molecular weight excluding hydrogens is 548 g/mol. The maximum atomic E-state index is 6.67. The molecule has 4 heterocycles. The Kier molecular flexibility index (Phi) is 7.27. The van der Waals surface area contributed by atoms with E-state index in [1.165, 1.54) is 0 Å². The van der Waals surface area contributed by atoms with Crippen molar-refractivity contribution in [1.29, 1.82) is 0 Å². The average molecular weight is 577 g/mol. The average Bonchev–Trinajstić information content (AvgIpc) is 3.64. The van der Waals surface area contributed by atoms with E-state index in [4.69, 9.17) is 42.8 Å². The molecule has 0 aliphatic carbocycles. The summed E-state index contributed by atoms with van der Waals surface area (Å²) in [5.74, 6) is 2.09. The number of nitrogens with one attached hydrogen (secondary N) is 1. The second kappa shape index (κ2) is 11.0. The molecule has 0 radical (unpaired) electrons. The van der Waals surface area contributed by atoms with E-state index in [0.29, 0.717) is 29.1 Å². The Morgan fingerprint density at radius 1 is 1.02 bits per heavy atom. The zero-order valence-electron chi connectivity index (χ0n) is 22.4. The lowest BCUT2D eigenvalue weighted by Gasteiger charge is -2.28. The number of fused-ring (bicyclic) bond motifs is 1. The summed E-state index contributed by atoms with van der Waals surface area (Å²) in [4.78, 5) is 6.80. The largest absolute Gasteiger partial charge is 0.490 e. The number of methoxy groups -OCH3 is 1. The Balaban J connectivity index is 1.43. The van der Waals surface area contributed by atoms with Crippen LogP contribution in [0, 0.1) is 13.8 Å². The fourth-order valence-electron chi connectivity index (χ4n) is 5.45. The topological polar surface area (TPSA) is 70.0 Å². The normalized spacial score (nSPS) is 17.8. The number of hydrogen-bond donors (Lipinski definition) is 1. The summed E-state index contributed by atoms with van der Waals surface area (Å²) in [6, 6.07) is 19.5. The zero-order valence-corrected chi connectivity index (χ0v) is 24.0. The van der Waals surface area contributed by atoms with Crippen LogP contribution in [-0.4, -0.2) is 41.8 Å². The molecule has 0 unspecified atom stereocenters. The van der Waals surface area contributed by atoms with Crippen LogP contribution in [0.15, 0.2) is 66.9 Å². The smallest absolute Gasteiger partial charge is 0.231 e. The molecule has 6 rings (SSSR count). The van der Waals surface area contributed by atoms with Gasteiger partial charge in [-0.25, -0.2) is 0 Å². The van der Waals surface area contributed by atoms with Gasteiger partial charge in [-0.15, -0.1) is 0 Å². The van der Waals surface area contributed by atoms with Crippen molar-refractivity contribution in [3.63, 3.8) is 0 Å². The minimum Gasteiger partial charge on any atom is -0.490 e. The van der Waals surface area contributed by atoms with E-state index >= 15 is 0 Å². The number of hydrogen-bond acceptors (Lipinski definition) is 6. The first-order valence-corrected chi connectivity index (χ1v) is 13.8. The van der Waals surface area contributed by atoms with E-state index in [-0.39, 0.29) is 18.9 Å². The highest BCUT2D eigenvalue weighted by Crippen LogP contribution is 2.45. The number of aryl methyl sites for hydroxylation is 1. The number of halogens is 1. The molecule has 10 heteroatoms. The molecule has 0 bridgehead atoms. The van der Waals surface area contributed by atoms with Gasteiger partial charge in [0, 0.05) is 42.1 Å². The molecule has 2 aromatic heterocycles. The SMILES string of the molecule is COCCOc1ccc(N2C(=S)N[C@H](c3ccccn3)[C@H]2c2cc(C)n(-c3ccc4c(c3)OCO4)c2C)cc1Cl. The van der Waals surface area contributed by atoms with Gasteiger partial charge >= 0.3 is 0 Å². The van der Waals surface area contributed by atoms with Gasteiger partial charge in [-0.1, -0.05) is 17.7 Å². The summed E-state index contributed by atoms with van der Waals surface area (Å²) >= 11 is 12.6. The first-order valence-electron chi connectivity index (χ1n) is 13.0. The van der Waals surface area contributed by atoms with Crippen molar-refractivity contribution < 1.29 is 18.9 Å². The monoisotopic (exact) mass is 576 g/mol. The van der Waals surface area contributed by atoms with Gasteiger partial charge in [0.1, 0.15) is 12.4 Å². The summed E-state index contributed by atoms with van der Waals surface area (Å²) in [5.41, 5.74) is 6.05. The quantitative estimate of drug-likeness (QED) is 0.200. The predicted molar refractivity (Wildman–Crippen MR) is 158 cm³/mol. The number of nitrogens with zero attached hydrogens (tertiary/aromatic N) is 3. The van der Waals surface area contributed by atoms with E-state index in [9.17, 15) is 0 Å². The number of anilines is 1. The lowest BCUT2D eigenvalue weighted by molar-refractivity contribution is 0.146. The highest BCUT2D eigenvalue weighted by Gasteiger charge is 2.42. The van der Waals surface area contributed by atoms with Crippen LogP contribution >= 0.6 is 23.8 Å². The van der Waals surface area contributed by atoms with Crippen LogP contribution in [0.1, 0.15) is 34.7 Å². The maximum Gasteiger partial charge on any atom is 0.231 e. The van der Waals surface area contributed by atoms with Crippen molar-refractivity contribution in [2.45, 2.75) is 25.9 Å². The van der Waals surface area contributed by atoms with Gasteiger partial charge in [0.2, 0.25) is 6.79 Å². The third-order valence-electron chi connectivity index (χ3n) is 7.24. The van der Waals surface area contributed by atoms with Crippen molar-refractivity contribution in [3.8, 4) is 22.9 Å². The van der Waals surface area contributed by atoms with Crippen LogP contribution in [0.5, 0.6) is 17.2 Å². The molecule has 0 saturated carbocycles.